The molecular weight excluding hydrogens is 262 g/mol. The molecule has 0 aromatic heterocycles. The van der Waals surface area contributed by atoms with Crippen LogP contribution in [0.3, 0.4) is 0 Å². The Kier molecular flexibility index (Phi) is 15.7. The van der Waals surface area contributed by atoms with Gasteiger partial charge in [-0.3, -0.25) is 0 Å². The van der Waals surface area contributed by atoms with Gasteiger partial charge in [0.15, 0.2) is 0 Å². The molecule has 0 aliphatic rings. The summed E-state index contributed by atoms with van der Waals surface area (Å²) in [6.45, 7) is 2.20. The summed E-state index contributed by atoms with van der Waals surface area (Å²) in [6, 6.07) is -0.307. The third-order valence-corrected chi connectivity index (χ3v) is 4.03. The summed E-state index contributed by atoms with van der Waals surface area (Å²) >= 11 is 0. The van der Waals surface area contributed by atoms with Crippen molar-refractivity contribution in [1.29, 1.82) is 0 Å². The molecule has 21 heavy (non-hydrogen) atoms. The molecule has 0 saturated heterocycles. The van der Waals surface area contributed by atoms with Gasteiger partial charge in [0.25, 0.3) is 0 Å². The van der Waals surface area contributed by atoms with Gasteiger partial charge in [-0.25, -0.2) is 0 Å². The van der Waals surface area contributed by atoms with Gasteiger partial charge in [-0.15, -0.1) is 0 Å². The van der Waals surface area contributed by atoms with Crippen LogP contribution in [0.2, 0.25) is 0 Å². The zero-order valence-electron chi connectivity index (χ0n) is 14.1. The van der Waals surface area contributed by atoms with Crippen molar-refractivity contribution in [3.8, 4) is 0 Å². The van der Waals surface area contributed by atoms with Crippen LogP contribution >= 0.6 is 0 Å². The van der Waals surface area contributed by atoms with Gasteiger partial charge in [0.2, 0.25) is 0 Å². The molecule has 0 fully saturated rings. The minimum atomic E-state index is -0.609. The molecule has 3 heteroatoms. The zero-order chi connectivity index (χ0) is 15.8. The first-order chi connectivity index (χ1) is 10.2. The van der Waals surface area contributed by atoms with E-state index in [1.54, 1.807) is 6.08 Å². The molecule has 0 spiro atoms. The van der Waals surface area contributed by atoms with Gasteiger partial charge in [0, 0.05) is 0 Å². The molecule has 0 bridgehead atoms. The van der Waals surface area contributed by atoms with Crippen LogP contribution in [0.1, 0.15) is 84.0 Å². The first kappa shape index (κ1) is 20.6. The quantitative estimate of drug-likeness (QED) is 0.321. The van der Waals surface area contributed by atoms with Gasteiger partial charge >= 0.3 is 0 Å². The van der Waals surface area contributed by atoms with E-state index in [9.17, 15) is 5.11 Å². The lowest BCUT2D eigenvalue weighted by Crippen LogP contribution is -2.67. The molecule has 0 saturated carbocycles. The SMILES string of the molecule is CCCCCCCCCCCCC/C=C/[C@@H](O)[C@@H]([NH3+])CO. The predicted octanol–water partition coefficient (Wildman–Crippen LogP) is 3.21. The molecule has 0 heterocycles. The van der Waals surface area contributed by atoms with Gasteiger partial charge in [0.1, 0.15) is 12.1 Å². The summed E-state index contributed by atoms with van der Waals surface area (Å²) in [5, 5.41) is 18.4. The highest BCUT2D eigenvalue weighted by Gasteiger charge is 2.12. The highest BCUT2D eigenvalue weighted by molar-refractivity contribution is 4.91. The van der Waals surface area contributed by atoms with Crippen molar-refractivity contribution < 1.29 is 15.9 Å². The first-order valence-electron chi connectivity index (χ1n) is 9.01. The minimum Gasteiger partial charge on any atom is -0.390 e. The van der Waals surface area contributed by atoms with Gasteiger partial charge in [-0.1, -0.05) is 83.3 Å². The zero-order valence-corrected chi connectivity index (χ0v) is 14.1. The molecule has 0 rings (SSSR count). The lowest BCUT2D eigenvalue weighted by molar-refractivity contribution is -0.438. The normalized spacial score (nSPS) is 14.7. The molecular formula is C18H38NO2+. The number of allylic oxidation sites excluding steroid dienone is 1. The Hall–Kier alpha value is -0.380. The van der Waals surface area contributed by atoms with Crippen LogP contribution < -0.4 is 5.73 Å². The molecule has 0 radical (unpaired) electrons. The van der Waals surface area contributed by atoms with E-state index in [4.69, 9.17) is 5.11 Å². The standard InChI is InChI=1S/C18H37NO2/c1-2-3-4-5-6-7-8-9-10-11-12-13-14-15-18(21)17(19)16-20/h14-15,17-18,20-21H,2-13,16,19H2,1H3/p+1/b15-14+/t17-,18+/m0/s1. The van der Waals surface area contributed by atoms with Crippen LogP contribution in [-0.2, 0) is 0 Å². The maximum atomic E-state index is 9.59. The van der Waals surface area contributed by atoms with E-state index in [0.717, 1.165) is 6.42 Å². The molecule has 0 aromatic carbocycles. The molecule has 126 valence electrons. The van der Waals surface area contributed by atoms with Crippen LogP contribution in [-0.4, -0.2) is 29.0 Å². The van der Waals surface area contributed by atoms with E-state index in [1.165, 1.54) is 70.6 Å². The molecule has 0 amide bonds. The van der Waals surface area contributed by atoms with E-state index < -0.39 is 6.10 Å². The highest BCUT2D eigenvalue weighted by Crippen LogP contribution is 2.12. The van der Waals surface area contributed by atoms with E-state index in [2.05, 4.69) is 12.7 Å². The summed E-state index contributed by atoms with van der Waals surface area (Å²) in [6.07, 6.45) is 19.2. The highest BCUT2D eigenvalue weighted by atomic mass is 16.3. The van der Waals surface area contributed by atoms with E-state index in [-0.39, 0.29) is 12.6 Å². The lowest BCUT2D eigenvalue weighted by Gasteiger charge is -2.08. The fraction of sp³-hybridized carbons (Fsp3) is 0.889. The van der Waals surface area contributed by atoms with Crippen LogP contribution in [0.15, 0.2) is 12.2 Å². The molecule has 5 N–H and O–H groups in total. The van der Waals surface area contributed by atoms with Gasteiger partial charge in [-0.05, 0) is 12.8 Å². The van der Waals surface area contributed by atoms with Crippen molar-refractivity contribution in [3.05, 3.63) is 12.2 Å². The third kappa shape index (κ3) is 14.3. The average Bonchev–Trinajstić information content (AvgIpc) is 2.50. The van der Waals surface area contributed by atoms with Crippen molar-refractivity contribution >= 4 is 0 Å². The second-order valence-electron chi connectivity index (χ2n) is 6.19. The van der Waals surface area contributed by atoms with Crippen LogP contribution in [0.5, 0.6) is 0 Å². The first-order valence-corrected chi connectivity index (χ1v) is 9.01. The van der Waals surface area contributed by atoms with Crippen LogP contribution in [0, 0.1) is 0 Å². The Bertz CT molecular complexity index is 231. The number of aliphatic hydroxyl groups excluding tert-OH is 2. The van der Waals surface area contributed by atoms with E-state index in [0.29, 0.717) is 0 Å². The Labute approximate surface area is 131 Å². The van der Waals surface area contributed by atoms with Crippen molar-refractivity contribution in [2.45, 2.75) is 96.1 Å². The van der Waals surface area contributed by atoms with Gasteiger partial charge in [-0.2, -0.15) is 0 Å². The minimum absolute atomic E-state index is 0.0655. The molecule has 0 aliphatic carbocycles. The fourth-order valence-corrected chi connectivity index (χ4v) is 2.43. The van der Waals surface area contributed by atoms with Crippen molar-refractivity contribution in [3.63, 3.8) is 0 Å². The Morgan fingerprint density at radius 3 is 1.81 bits per heavy atom. The largest absolute Gasteiger partial charge is 0.390 e. The molecule has 0 aliphatic heterocycles. The summed E-state index contributed by atoms with van der Waals surface area (Å²) < 4.78 is 0. The Morgan fingerprint density at radius 2 is 1.33 bits per heavy atom. The number of rotatable bonds is 15. The smallest absolute Gasteiger partial charge is 0.138 e. The number of unbranched alkanes of at least 4 members (excludes halogenated alkanes) is 11. The topological polar surface area (TPSA) is 68.1 Å². The fourth-order valence-electron chi connectivity index (χ4n) is 2.43. The number of aliphatic hydroxyl groups is 2. The second-order valence-corrected chi connectivity index (χ2v) is 6.19. The number of hydrogen-bond donors (Lipinski definition) is 3. The summed E-state index contributed by atoms with van der Waals surface area (Å²) in [4.78, 5) is 0. The summed E-state index contributed by atoms with van der Waals surface area (Å²) in [5.74, 6) is 0. The number of hydrogen-bond acceptors (Lipinski definition) is 2. The van der Waals surface area contributed by atoms with Crippen molar-refractivity contribution in [1.82, 2.24) is 0 Å². The lowest BCUT2D eigenvalue weighted by atomic mass is 10.0. The number of quaternary nitrogens is 1. The monoisotopic (exact) mass is 300 g/mol. The molecule has 3 nitrogen and oxygen atoms in total. The maximum Gasteiger partial charge on any atom is 0.138 e. The third-order valence-electron chi connectivity index (χ3n) is 4.03. The second kappa shape index (κ2) is 16.0. The average molecular weight is 301 g/mol. The van der Waals surface area contributed by atoms with E-state index >= 15 is 0 Å². The van der Waals surface area contributed by atoms with Crippen molar-refractivity contribution in [2.75, 3.05) is 6.61 Å². The Morgan fingerprint density at radius 1 is 0.857 bits per heavy atom. The van der Waals surface area contributed by atoms with Gasteiger partial charge < -0.3 is 15.9 Å². The van der Waals surface area contributed by atoms with Crippen LogP contribution in [0.4, 0.5) is 0 Å². The van der Waals surface area contributed by atoms with Gasteiger partial charge in [0.05, 0.1) is 6.61 Å². The summed E-state index contributed by atoms with van der Waals surface area (Å²) in [7, 11) is 0. The summed E-state index contributed by atoms with van der Waals surface area (Å²) in [5.41, 5.74) is 3.69. The van der Waals surface area contributed by atoms with Crippen molar-refractivity contribution in [2.24, 2.45) is 0 Å². The molecule has 0 aromatic rings. The molecule has 2 atom stereocenters. The molecule has 0 unspecified atom stereocenters. The Balaban J connectivity index is 3.20. The van der Waals surface area contributed by atoms with Crippen LogP contribution in [0.25, 0.3) is 0 Å². The maximum absolute atomic E-state index is 9.59. The van der Waals surface area contributed by atoms with E-state index in [1.807, 2.05) is 6.08 Å². The predicted molar refractivity (Wildman–Crippen MR) is 90.0 cm³/mol.